The second kappa shape index (κ2) is 7.74. The number of thiocarbonyl (C=S) groups is 1. The molecule has 2 aromatic heterocycles. The van der Waals surface area contributed by atoms with Gasteiger partial charge < -0.3 is 5.32 Å². The first kappa shape index (κ1) is 18.8. The zero-order valence-corrected chi connectivity index (χ0v) is 16.8. The van der Waals surface area contributed by atoms with Crippen LogP contribution in [0.4, 0.5) is 5.00 Å². The van der Waals surface area contributed by atoms with Gasteiger partial charge in [-0.1, -0.05) is 18.5 Å². The number of carbonyl (C=O) groups excluding carboxylic acids is 1. The fourth-order valence-corrected chi connectivity index (χ4v) is 4.93. The van der Waals surface area contributed by atoms with Crippen LogP contribution in [-0.2, 0) is 19.4 Å². The highest BCUT2D eigenvalue weighted by atomic mass is 35.5. The summed E-state index contributed by atoms with van der Waals surface area (Å²) in [5.41, 5.74) is 2.00. The van der Waals surface area contributed by atoms with Crippen LogP contribution in [0.1, 0.15) is 46.8 Å². The molecule has 1 aliphatic carbocycles. The molecule has 136 valence electrons. The van der Waals surface area contributed by atoms with Gasteiger partial charge in [-0.15, -0.1) is 11.3 Å². The van der Waals surface area contributed by atoms with E-state index in [1.807, 2.05) is 6.92 Å². The van der Waals surface area contributed by atoms with Crippen molar-refractivity contribution in [1.82, 2.24) is 15.1 Å². The molecular formula is C17H18ClN5OS2. The van der Waals surface area contributed by atoms with Crippen molar-refractivity contribution in [1.29, 1.82) is 5.26 Å². The lowest BCUT2D eigenvalue weighted by Crippen LogP contribution is -2.35. The van der Waals surface area contributed by atoms with Crippen LogP contribution in [-0.4, -0.2) is 20.8 Å². The van der Waals surface area contributed by atoms with E-state index < -0.39 is 5.91 Å². The average molecular weight is 408 g/mol. The Bertz CT molecular complexity index is 911. The highest BCUT2D eigenvalue weighted by molar-refractivity contribution is 7.80. The Morgan fingerprint density at radius 3 is 3.08 bits per heavy atom. The normalized spacial score (nSPS) is 15.8. The Morgan fingerprint density at radius 1 is 1.62 bits per heavy atom. The van der Waals surface area contributed by atoms with Crippen LogP contribution in [0.2, 0.25) is 5.02 Å². The number of rotatable bonds is 3. The molecule has 1 amide bonds. The van der Waals surface area contributed by atoms with Gasteiger partial charge in [-0.25, -0.2) is 0 Å². The number of carbonyl (C=O) groups is 1. The minimum Gasteiger partial charge on any atom is -0.323 e. The van der Waals surface area contributed by atoms with Crippen LogP contribution >= 0.6 is 35.2 Å². The zero-order valence-electron chi connectivity index (χ0n) is 14.4. The summed E-state index contributed by atoms with van der Waals surface area (Å²) in [6.45, 7) is 4.60. The van der Waals surface area contributed by atoms with E-state index in [0.717, 1.165) is 24.8 Å². The third-order valence-electron chi connectivity index (χ3n) is 4.39. The van der Waals surface area contributed by atoms with E-state index in [4.69, 9.17) is 23.8 Å². The lowest BCUT2D eigenvalue weighted by Gasteiger charge is -2.17. The van der Waals surface area contributed by atoms with E-state index in [0.29, 0.717) is 23.0 Å². The van der Waals surface area contributed by atoms with Gasteiger partial charge in [-0.3, -0.25) is 14.8 Å². The standard InChI is InChI=1S/C17H18ClN5OS2/c1-3-23-14(12(18)8-20-23)15(24)21-17(25)22-16-11(7-19)10-5-4-9(2)6-13(10)26-16/h8-9H,3-6H2,1-2H3,(H2,21,22,24,25). The molecule has 0 saturated carbocycles. The highest BCUT2D eigenvalue weighted by Gasteiger charge is 2.25. The van der Waals surface area contributed by atoms with E-state index in [2.05, 4.69) is 28.7 Å². The topological polar surface area (TPSA) is 82.7 Å². The van der Waals surface area contributed by atoms with Gasteiger partial charge in [0.1, 0.15) is 16.8 Å². The molecule has 0 aromatic carbocycles. The molecule has 2 N–H and O–H groups in total. The summed E-state index contributed by atoms with van der Waals surface area (Å²) in [5.74, 6) is 0.184. The van der Waals surface area contributed by atoms with Gasteiger partial charge in [0, 0.05) is 11.4 Å². The number of aromatic nitrogens is 2. The quantitative estimate of drug-likeness (QED) is 0.757. The van der Waals surface area contributed by atoms with Crippen LogP contribution in [0, 0.1) is 17.2 Å². The first-order chi connectivity index (χ1) is 12.4. The predicted octanol–water partition coefficient (Wildman–Crippen LogP) is 3.74. The maximum Gasteiger partial charge on any atom is 0.277 e. The Morgan fingerprint density at radius 2 is 2.38 bits per heavy atom. The smallest absolute Gasteiger partial charge is 0.277 e. The van der Waals surface area contributed by atoms with Crippen molar-refractivity contribution in [2.24, 2.45) is 5.92 Å². The number of hydrogen-bond donors (Lipinski definition) is 2. The molecule has 2 aromatic rings. The van der Waals surface area contributed by atoms with E-state index in [1.165, 1.54) is 27.1 Å². The third kappa shape index (κ3) is 3.61. The summed E-state index contributed by atoms with van der Waals surface area (Å²) >= 11 is 12.8. The molecule has 1 unspecified atom stereocenters. The first-order valence-electron chi connectivity index (χ1n) is 8.32. The molecule has 0 saturated heterocycles. The van der Waals surface area contributed by atoms with Crippen LogP contribution in [0.5, 0.6) is 0 Å². The summed E-state index contributed by atoms with van der Waals surface area (Å²) in [7, 11) is 0. The second-order valence-corrected chi connectivity index (χ2v) is 8.15. The molecule has 1 atom stereocenters. The van der Waals surface area contributed by atoms with E-state index in [-0.39, 0.29) is 15.8 Å². The third-order valence-corrected chi connectivity index (χ3v) is 6.04. The number of nitrogens with one attached hydrogen (secondary N) is 2. The highest BCUT2D eigenvalue weighted by Crippen LogP contribution is 2.39. The number of amides is 1. The van der Waals surface area contributed by atoms with Crippen molar-refractivity contribution < 1.29 is 4.79 Å². The fraction of sp³-hybridized carbons (Fsp3) is 0.412. The Balaban J connectivity index is 1.76. The van der Waals surface area contributed by atoms with Gasteiger partial charge in [0.15, 0.2) is 5.11 Å². The molecular weight excluding hydrogens is 390 g/mol. The first-order valence-corrected chi connectivity index (χ1v) is 9.93. The molecule has 0 bridgehead atoms. The molecule has 0 aliphatic heterocycles. The monoisotopic (exact) mass is 407 g/mol. The fourth-order valence-electron chi connectivity index (χ4n) is 3.08. The number of halogens is 1. The van der Waals surface area contributed by atoms with Crippen LogP contribution < -0.4 is 10.6 Å². The summed E-state index contributed by atoms with van der Waals surface area (Å²) in [4.78, 5) is 13.7. The number of nitrogens with zero attached hydrogens (tertiary/aromatic N) is 3. The van der Waals surface area contributed by atoms with Crippen molar-refractivity contribution in [2.75, 3.05) is 5.32 Å². The summed E-state index contributed by atoms with van der Waals surface area (Å²) in [6.07, 6.45) is 4.39. The molecule has 2 heterocycles. The Hall–Kier alpha value is -1.95. The van der Waals surface area contributed by atoms with Gasteiger partial charge in [-0.2, -0.15) is 10.4 Å². The number of thiophene rings is 1. The Labute approximate surface area is 166 Å². The summed E-state index contributed by atoms with van der Waals surface area (Å²) in [6, 6.07) is 2.27. The van der Waals surface area contributed by atoms with Gasteiger partial charge in [0.25, 0.3) is 5.91 Å². The maximum atomic E-state index is 12.5. The number of hydrogen-bond acceptors (Lipinski definition) is 5. The SMILES string of the molecule is CCn1ncc(Cl)c1C(=O)NC(=S)Nc1sc2c(c1C#N)CCC(C)C2. The molecule has 3 rings (SSSR count). The van der Waals surface area contributed by atoms with Gasteiger partial charge in [0.2, 0.25) is 0 Å². The summed E-state index contributed by atoms with van der Waals surface area (Å²) in [5, 5.41) is 20.3. The van der Waals surface area contributed by atoms with Crippen molar-refractivity contribution in [3.05, 3.63) is 32.9 Å². The lowest BCUT2D eigenvalue weighted by molar-refractivity contribution is 0.0967. The molecule has 9 heteroatoms. The predicted molar refractivity (Wildman–Crippen MR) is 107 cm³/mol. The Kier molecular flexibility index (Phi) is 5.61. The van der Waals surface area contributed by atoms with E-state index in [1.54, 1.807) is 0 Å². The zero-order chi connectivity index (χ0) is 18.8. The lowest BCUT2D eigenvalue weighted by atomic mass is 9.89. The number of nitriles is 1. The largest absolute Gasteiger partial charge is 0.323 e. The number of anilines is 1. The average Bonchev–Trinajstić information content (AvgIpc) is 3.13. The molecule has 6 nitrogen and oxygen atoms in total. The molecule has 1 aliphatic rings. The van der Waals surface area contributed by atoms with Crippen molar-refractivity contribution >= 4 is 51.2 Å². The van der Waals surface area contributed by atoms with Gasteiger partial charge in [0.05, 0.1) is 16.8 Å². The van der Waals surface area contributed by atoms with Crippen molar-refractivity contribution in [3.63, 3.8) is 0 Å². The summed E-state index contributed by atoms with van der Waals surface area (Å²) < 4.78 is 1.51. The minimum atomic E-state index is -0.430. The van der Waals surface area contributed by atoms with Gasteiger partial charge in [-0.05, 0) is 49.9 Å². The van der Waals surface area contributed by atoms with Crippen molar-refractivity contribution in [2.45, 2.75) is 39.7 Å². The van der Waals surface area contributed by atoms with Crippen LogP contribution in [0.25, 0.3) is 0 Å². The van der Waals surface area contributed by atoms with Gasteiger partial charge >= 0.3 is 0 Å². The van der Waals surface area contributed by atoms with Crippen molar-refractivity contribution in [3.8, 4) is 6.07 Å². The maximum absolute atomic E-state index is 12.5. The van der Waals surface area contributed by atoms with E-state index >= 15 is 0 Å². The van der Waals surface area contributed by atoms with E-state index in [9.17, 15) is 10.1 Å². The van der Waals surface area contributed by atoms with Crippen LogP contribution in [0.15, 0.2) is 6.20 Å². The minimum absolute atomic E-state index is 0.137. The molecule has 0 spiro atoms. The molecule has 0 fully saturated rings. The van der Waals surface area contributed by atoms with Crippen LogP contribution in [0.3, 0.4) is 0 Å². The second-order valence-electron chi connectivity index (χ2n) is 6.23. The molecule has 26 heavy (non-hydrogen) atoms. The number of fused-ring (bicyclic) bond motifs is 1. The number of aryl methyl sites for hydroxylation is 1. The molecule has 0 radical (unpaired) electrons.